The molecule has 0 radical (unpaired) electrons. The van der Waals surface area contributed by atoms with E-state index in [0.29, 0.717) is 16.8 Å². The molecule has 2 rings (SSSR count). The van der Waals surface area contributed by atoms with Crippen LogP contribution in [-0.4, -0.2) is 11.0 Å². The summed E-state index contributed by atoms with van der Waals surface area (Å²) in [6.07, 6.45) is -0.887. The van der Waals surface area contributed by atoms with E-state index in [1.807, 2.05) is 0 Å². The molecule has 19 heavy (non-hydrogen) atoms. The third-order valence-electron chi connectivity index (χ3n) is 2.71. The maximum atomic E-state index is 13.1. The van der Waals surface area contributed by atoms with Gasteiger partial charge in [-0.1, -0.05) is 24.3 Å². The van der Waals surface area contributed by atoms with Crippen molar-refractivity contribution in [1.82, 2.24) is 0 Å². The number of nitrogens with one attached hydrogen (secondary N) is 1. The summed E-state index contributed by atoms with van der Waals surface area (Å²) in [5, 5.41) is 12.8. The Balaban J connectivity index is 2.20. The van der Waals surface area contributed by atoms with Crippen LogP contribution in [0.15, 0.2) is 48.5 Å². The molecule has 98 valence electrons. The fourth-order valence-corrected chi connectivity index (χ4v) is 1.82. The number of amides is 1. The first-order chi connectivity index (χ1) is 9.06. The summed E-state index contributed by atoms with van der Waals surface area (Å²) >= 11 is 0. The van der Waals surface area contributed by atoms with Crippen molar-refractivity contribution >= 4 is 11.6 Å². The number of hydrogen-bond donors (Lipinski definition) is 2. The lowest BCUT2D eigenvalue weighted by Crippen LogP contribution is -2.06. The predicted molar refractivity (Wildman–Crippen MR) is 71.2 cm³/mol. The minimum atomic E-state index is -0.887. The molecular weight excluding hydrogens is 245 g/mol. The van der Waals surface area contributed by atoms with Gasteiger partial charge in [0.15, 0.2) is 0 Å². The number of hydrogen-bond acceptors (Lipinski definition) is 2. The zero-order valence-corrected chi connectivity index (χ0v) is 10.4. The van der Waals surface area contributed by atoms with E-state index in [4.69, 9.17) is 0 Å². The molecule has 3 nitrogen and oxygen atoms in total. The van der Waals surface area contributed by atoms with Crippen LogP contribution in [0.5, 0.6) is 0 Å². The predicted octanol–water partition coefficient (Wildman–Crippen LogP) is 2.87. The molecule has 0 bridgehead atoms. The second-order valence-corrected chi connectivity index (χ2v) is 4.26. The molecule has 2 aromatic rings. The van der Waals surface area contributed by atoms with Gasteiger partial charge >= 0.3 is 0 Å². The number of halogens is 1. The molecule has 1 atom stereocenters. The van der Waals surface area contributed by atoms with Gasteiger partial charge < -0.3 is 10.4 Å². The average molecular weight is 259 g/mol. The van der Waals surface area contributed by atoms with Gasteiger partial charge in [-0.25, -0.2) is 4.39 Å². The zero-order chi connectivity index (χ0) is 13.8. The molecule has 4 heteroatoms. The molecule has 0 fully saturated rings. The second-order valence-electron chi connectivity index (χ2n) is 4.26. The molecule has 0 aliphatic rings. The Morgan fingerprint density at radius 3 is 2.42 bits per heavy atom. The lowest BCUT2D eigenvalue weighted by Gasteiger charge is -2.12. The van der Waals surface area contributed by atoms with Gasteiger partial charge in [-0.05, 0) is 35.4 Å². The smallest absolute Gasteiger partial charge is 0.221 e. The van der Waals surface area contributed by atoms with Crippen LogP contribution in [0, 0.1) is 5.82 Å². The number of anilines is 1. The van der Waals surface area contributed by atoms with Crippen molar-refractivity contribution in [2.45, 2.75) is 13.0 Å². The van der Waals surface area contributed by atoms with Crippen molar-refractivity contribution in [3.63, 3.8) is 0 Å². The summed E-state index contributed by atoms with van der Waals surface area (Å²) in [7, 11) is 0. The molecule has 1 amide bonds. The topological polar surface area (TPSA) is 49.3 Å². The van der Waals surface area contributed by atoms with Gasteiger partial charge in [-0.2, -0.15) is 0 Å². The van der Waals surface area contributed by atoms with Crippen LogP contribution in [0.4, 0.5) is 10.1 Å². The van der Waals surface area contributed by atoms with Crippen molar-refractivity contribution in [2.75, 3.05) is 5.32 Å². The number of carbonyl (C=O) groups excluding carboxylic acids is 1. The first-order valence-corrected chi connectivity index (χ1v) is 5.87. The van der Waals surface area contributed by atoms with Gasteiger partial charge in [0.2, 0.25) is 5.91 Å². The van der Waals surface area contributed by atoms with E-state index in [1.165, 1.54) is 19.1 Å². The third-order valence-corrected chi connectivity index (χ3v) is 2.71. The van der Waals surface area contributed by atoms with Crippen LogP contribution in [0.25, 0.3) is 0 Å². The van der Waals surface area contributed by atoms with E-state index in [-0.39, 0.29) is 11.7 Å². The van der Waals surface area contributed by atoms with Crippen LogP contribution in [-0.2, 0) is 4.79 Å². The summed E-state index contributed by atoms with van der Waals surface area (Å²) in [5.41, 5.74) is 1.79. The molecule has 0 saturated carbocycles. The fraction of sp³-hybridized carbons (Fsp3) is 0.133. The van der Waals surface area contributed by atoms with E-state index in [0.717, 1.165) is 0 Å². The summed E-state index contributed by atoms with van der Waals surface area (Å²) in [6, 6.07) is 12.6. The SMILES string of the molecule is CC(=O)Nc1ccc(C(O)c2cccc(F)c2)cc1. The summed E-state index contributed by atoms with van der Waals surface area (Å²) in [6.45, 7) is 1.43. The molecule has 2 N–H and O–H groups in total. The zero-order valence-electron chi connectivity index (χ0n) is 10.4. The second kappa shape index (κ2) is 5.63. The summed E-state index contributed by atoms with van der Waals surface area (Å²) < 4.78 is 13.1. The van der Waals surface area contributed by atoms with Crippen molar-refractivity contribution in [3.8, 4) is 0 Å². The van der Waals surface area contributed by atoms with Gasteiger partial charge in [0.1, 0.15) is 11.9 Å². The van der Waals surface area contributed by atoms with Crippen molar-refractivity contribution in [1.29, 1.82) is 0 Å². The number of rotatable bonds is 3. The normalized spacial score (nSPS) is 11.9. The van der Waals surface area contributed by atoms with Gasteiger partial charge in [0.25, 0.3) is 0 Å². The van der Waals surface area contributed by atoms with Gasteiger partial charge in [0.05, 0.1) is 0 Å². The first-order valence-electron chi connectivity index (χ1n) is 5.87. The Labute approximate surface area is 110 Å². The van der Waals surface area contributed by atoms with Crippen LogP contribution in [0.1, 0.15) is 24.2 Å². The average Bonchev–Trinajstić information content (AvgIpc) is 2.38. The third kappa shape index (κ3) is 3.39. The number of aliphatic hydroxyl groups is 1. The number of aliphatic hydroxyl groups excluding tert-OH is 1. The van der Waals surface area contributed by atoms with Crippen molar-refractivity contribution in [3.05, 3.63) is 65.5 Å². The van der Waals surface area contributed by atoms with Crippen LogP contribution in [0.3, 0.4) is 0 Å². The van der Waals surface area contributed by atoms with Crippen LogP contribution < -0.4 is 5.32 Å². The van der Waals surface area contributed by atoms with E-state index >= 15 is 0 Å². The highest BCUT2D eigenvalue weighted by Crippen LogP contribution is 2.23. The molecule has 0 aromatic heterocycles. The highest BCUT2D eigenvalue weighted by atomic mass is 19.1. The molecule has 0 spiro atoms. The summed E-state index contributed by atoms with van der Waals surface area (Å²) in [5.74, 6) is -0.537. The largest absolute Gasteiger partial charge is 0.384 e. The molecule has 2 aromatic carbocycles. The summed E-state index contributed by atoms with van der Waals surface area (Å²) in [4.78, 5) is 10.9. The first kappa shape index (κ1) is 13.2. The Hall–Kier alpha value is -2.20. The van der Waals surface area contributed by atoms with Gasteiger partial charge in [-0.15, -0.1) is 0 Å². The Kier molecular flexibility index (Phi) is 3.92. The monoisotopic (exact) mass is 259 g/mol. The molecular formula is C15H14FNO2. The lowest BCUT2D eigenvalue weighted by molar-refractivity contribution is -0.114. The van der Waals surface area contributed by atoms with Gasteiger partial charge in [0, 0.05) is 12.6 Å². The molecule has 0 saturated heterocycles. The highest BCUT2D eigenvalue weighted by Gasteiger charge is 2.10. The molecule has 1 unspecified atom stereocenters. The lowest BCUT2D eigenvalue weighted by atomic mass is 10.0. The van der Waals surface area contributed by atoms with E-state index in [1.54, 1.807) is 36.4 Å². The standard InChI is InChI=1S/C15H14FNO2/c1-10(18)17-14-7-5-11(6-8-14)15(19)12-3-2-4-13(16)9-12/h2-9,15,19H,1H3,(H,17,18). The molecule has 0 heterocycles. The van der Waals surface area contributed by atoms with Crippen LogP contribution >= 0.6 is 0 Å². The molecule has 0 aliphatic carbocycles. The molecule has 0 aliphatic heterocycles. The van der Waals surface area contributed by atoms with Crippen molar-refractivity contribution < 1.29 is 14.3 Å². The maximum absolute atomic E-state index is 13.1. The number of benzene rings is 2. The van der Waals surface area contributed by atoms with Crippen LogP contribution in [0.2, 0.25) is 0 Å². The van der Waals surface area contributed by atoms with Crippen molar-refractivity contribution in [2.24, 2.45) is 0 Å². The Morgan fingerprint density at radius 2 is 1.84 bits per heavy atom. The van der Waals surface area contributed by atoms with Gasteiger partial charge in [-0.3, -0.25) is 4.79 Å². The highest BCUT2D eigenvalue weighted by molar-refractivity contribution is 5.88. The Bertz CT molecular complexity index is 581. The number of carbonyl (C=O) groups is 1. The maximum Gasteiger partial charge on any atom is 0.221 e. The minimum Gasteiger partial charge on any atom is -0.384 e. The van der Waals surface area contributed by atoms with E-state index in [2.05, 4.69) is 5.32 Å². The van der Waals surface area contributed by atoms with E-state index < -0.39 is 6.10 Å². The minimum absolute atomic E-state index is 0.154. The quantitative estimate of drug-likeness (QED) is 0.890. The Morgan fingerprint density at radius 1 is 1.16 bits per heavy atom. The fourth-order valence-electron chi connectivity index (χ4n) is 1.82. The van der Waals surface area contributed by atoms with E-state index in [9.17, 15) is 14.3 Å².